The molecule has 0 aliphatic rings. The van der Waals surface area contributed by atoms with Crippen molar-refractivity contribution in [2.24, 2.45) is 0 Å². The van der Waals surface area contributed by atoms with E-state index < -0.39 is 0 Å². The van der Waals surface area contributed by atoms with E-state index in [-0.39, 0.29) is 16.2 Å². The number of fused-ring (bicyclic) bond motifs is 14. The quantitative estimate of drug-likeness (QED) is 0.179. The van der Waals surface area contributed by atoms with Crippen molar-refractivity contribution in [3.05, 3.63) is 150 Å². The molecule has 12 aromatic rings. The summed E-state index contributed by atoms with van der Waals surface area (Å²) < 4.78 is 4.86. The summed E-state index contributed by atoms with van der Waals surface area (Å²) in [6, 6.07) is 49.5. The number of anilines is 3. The monoisotopic (exact) mass is 791 g/mol. The van der Waals surface area contributed by atoms with E-state index in [2.05, 4.69) is 209 Å². The third-order valence-electron chi connectivity index (χ3n) is 13.4. The maximum absolute atomic E-state index is 5.85. The molecule has 7 aromatic carbocycles. The van der Waals surface area contributed by atoms with E-state index in [1.54, 1.807) is 0 Å². The highest BCUT2D eigenvalue weighted by molar-refractivity contribution is 6.32. The lowest BCUT2D eigenvalue weighted by Crippen LogP contribution is -2.15. The molecule has 0 fully saturated rings. The van der Waals surface area contributed by atoms with Gasteiger partial charge in [0.05, 0.1) is 27.8 Å². The molecule has 61 heavy (non-hydrogen) atoms. The second kappa shape index (κ2) is 12.0. The van der Waals surface area contributed by atoms with Crippen LogP contribution >= 0.6 is 0 Å². The van der Waals surface area contributed by atoms with Gasteiger partial charge in [-0.3, -0.25) is 8.80 Å². The van der Waals surface area contributed by atoms with Crippen molar-refractivity contribution in [2.45, 2.75) is 78.6 Å². The summed E-state index contributed by atoms with van der Waals surface area (Å²) in [4.78, 5) is 14.1. The molecule has 0 saturated carbocycles. The van der Waals surface area contributed by atoms with Crippen LogP contribution in [0.2, 0.25) is 0 Å². The summed E-state index contributed by atoms with van der Waals surface area (Å²) >= 11 is 0. The zero-order valence-corrected chi connectivity index (χ0v) is 36.4. The molecule has 0 N–H and O–H groups in total. The van der Waals surface area contributed by atoms with Crippen molar-refractivity contribution in [3.8, 4) is 0 Å². The van der Waals surface area contributed by atoms with Crippen LogP contribution in [0.4, 0.5) is 17.1 Å². The van der Waals surface area contributed by atoms with Gasteiger partial charge >= 0.3 is 0 Å². The number of rotatable bonds is 3. The number of hydrogen-bond donors (Lipinski definition) is 0. The number of benzene rings is 7. The Morgan fingerprint density at radius 2 is 0.918 bits per heavy atom. The minimum Gasteiger partial charge on any atom is -0.308 e. The van der Waals surface area contributed by atoms with Crippen LogP contribution in [0, 0.1) is 0 Å². The summed E-state index contributed by atoms with van der Waals surface area (Å²) in [5, 5.41) is 9.76. The zero-order chi connectivity index (χ0) is 41.9. The van der Waals surface area contributed by atoms with E-state index >= 15 is 0 Å². The van der Waals surface area contributed by atoms with Crippen molar-refractivity contribution in [1.82, 2.24) is 18.8 Å². The van der Waals surface area contributed by atoms with Crippen molar-refractivity contribution in [1.29, 1.82) is 0 Å². The van der Waals surface area contributed by atoms with Crippen LogP contribution in [-0.2, 0) is 16.2 Å². The van der Waals surface area contributed by atoms with Crippen LogP contribution in [0.15, 0.2) is 133 Å². The summed E-state index contributed by atoms with van der Waals surface area (Å²) in [5.74, 6) is 0. The van der Waals surface area contributed by atoms with Crippen molar-refractivity contribution in [3.63, 3.8) is 0 Å². The molecule has 5 heteroatoms. The molecule has 5 aromatic heterocycles. The van der Waals surface area contributed by atoms with E-state index in [1.807, 2.05) is 0 Å². The summed E-state index contributed by atoms with van der Waals surface area (Å²) in [6.07, 6.45) is 0. The molecule has 0 spiro atoms. The molecule has 298 valence electrons. The fourth-order valence-electron chi connectivity index (χ4n) is 10.1. The molecular weight excluding hydrogens is 743 g/mol. The maximum Gasteiger partial charge on any atom is 0.165 e. The Bertz CT molecular complexity index is 3700. The van der Waals surface area contributed by atoms with Crippen molar-refractivity contribution in [2.75, 3.05) is 4.90 Å². The van der Waals surface area contributed by atoms with Crippen LogP contribution in [0.3, 0.4) is 0 Å². The lowest BCUT2D eigenvalue weighted by Gasteiger charge is -2.29. The van der Waals surface area contributed by atoms with Gasteiger partial charge in [0.15, 0.2) is 11.3 Å². The highest BCUT2D eigenvalue weighted by Crippen LogP contribution is 2.50. The predicted octanol–water partition coefficient (Wildman–Crippen LogP) is 15.3. The Kier molecular flexibility index (Phi) is 7.10. The summed E-state index contributed by atoms with van der Waals surface area (Å²) in [7, 11) is 0. The Morgan fingerprint density at radius 1 is 0.410 bits per heavy atom. The van der Waals surface area contributed by atoms with Crippen LogP contribution in [0.1, 0.15) is 79.0 Å². The minimum atomic E-state index is -0.102. The lowest BCUT2D eigenvalue weighted by atomic mass is 9.84. The number of hydrogen-bond acceptors (Lipinski definition) is 3. The number of aromatic nitrogens is 4. The van der Waals surface area contributed by atoms with E-state index in [0.717, 1.165) is 55.7 Å². The first-order valence-electron chi connectivity index (χ1n) is 21.7. The third-order valence-corrected chi connectivity index (χ3v) is 13.4. The van der Waals surface area contributed by atoms with Gasteiger partial charge in [-0.15, -0.1) is 0 Å². The fourth-order valence-corrected chi connectivity index (χ4v) is 10.1. The normalized spacial score (nSPS) is 13.3. The minimum absolute atomic E-state index is 0.0153. The molecule has 0 amide bonds. The van der Waals surface area contributed by atoms with Gasteiger partial charge in [0, 0.05) is 43.7 Å². The molecule has 0 unspecified atom stereocenters. The van der Waals surface area contributed by atoms with E-state index in [1.165, 1.54) is 65.6 Å². The van der Waals surface area contributed by atoms with Gasteiger partial charge in [-0.25, -0.2) is 9.97 Å². The largest absolute Gasteiger partial charge is 0.308 e. The Hall–Kier alpha value is -6.72. The van der Waals surface area contributed by atoms with Gasteiger partial charge in [-0.1, -0.05) is 129 Å². The molecule has 0 bridgehead atoms. The van der Waals surface area contributed by atoms with Crippen LogP contribution in [-0.4, -0.2) is 18.8 Å². The predicted molar refractivity (Wildman–Crippen MR) is 260 cm³/mol. The molecule has 0 radical (unpaired) electrons. The molecule has 0 aliphatic carbocycles. The highest BCUT2D eigenvalue weighted by Gasteiger charge is 2.31. The van der Waals surface area contributed by atoms with E-state index in [9.17, 15) is 0 Å². The smallest absolute Gasteiger partial charge is 0.165 e. The van der Waals surface area contributed by atoms with Gasteiger partial charge in [0.2, 0.25) is 0 Å². The van der Waals surface area contributed by atoms with Gasteiger partial charge in [0.25, 0.3) is 0 Å². The van der Waals surface area contributed by atoms with Crippen LogP contribution in [0.5, 0.6) is 0 Å². The molecule has 5 heterocycles. The van der Waals surface area contributed by atoms with E-state index in [0.29, 0.717) is 0 Å². The molecule has 12 rings (SSSR count). The van der Waals surface area contributed by atoms with Crippen molar-refractivity contribution < 1.29 is 0 Å². The van der Waals surface area contributed by atoms with Gasteiger partial charge in [-0.05, 0) is 110 Å². The first-order chi connectivity index (χ1) is 29.2. The molecule has 5 nitrogen and oxygen atoms in total. The van der Waals surface area contributed by atoms with Crippen LogP contribution < -0.4 is 4.90 Å². The third kappa shape index (κ3) is 5.01. The average Bonchev–Trinajstić information content (AvgIpc) is 3.95. The summed E-state index contributed by atoms with van der Waals surface area (Å²) in [6.45, 7) is 20.8. The SMILES string of the molecule is CC(C)(C)c1ccc2c(c1)c1c3ccccc3cc3c4nc5c(nc4n2c31)c1cc(C(C)(C)C)cc2c3cc(C(C)(C)C)cc(N(c4ccccc4)c4ccccc4)c3n5c21. The van der Waals surface area contributed by atoms with Crippen LogP contribution in [0.25, 0.3) is 87.5 Å². The fraction of sp³-hybridized carbons (Fsp3) is 0.214. The molecule has 0 atom stereocenters. The van der Waals surface area contributed by atoms with Gasteiger partial charge in [0.1, 0.15) is 11.0 Å². The second-order valence-corrected chi connectivity index (χ2v) is 20.4. The zero-order valence-electron chi connectivity index (χ0n) is 36.4. The standard InChI is InChI=1S/C56H49N5/c1-54(2,3)33-24-25-44-41(27-33)46-38-23-17-16-18-32(38)26-42-47-52(60(44)51(42)46)57-48-43-30-34(55(4,5)6)28-39-40-29-35(56(7,8)9)31-45(50(40)61(49(39)43)53(48)58-47)59(36-19-12-10-13-20-36)37-21-14-11-15-22-37/h10-31H,1-9H3. The lowest BCUT2D eigenvalue weighted by molar-refractivity contribution is 0.591. The maximum atomic E-state index is 5.85. The molecular formula is C56H49N5. The topological polar surface area (TPSA) is 37.8 Å². The molecule has 0 saturated heterocycles. The number of nitrogens with zero attached hydrogens (tertiary/aromatic N) is 5. The Labute approximate surface area is 355 Å². The number of para-hydroxylation sites is 2. The first-order valence-corrected chi connectivity index (χ1v) is 21.7. The highest BCUT2D eigenvalue weighted by atomic mass is 15.2. The summed E-state index contributed by atoms with van der Waals surface area (Å²) in [5.41, 5.74) is 15.4. The second-order valence-electron chi connectivity index (χ2n) is 20.4. The van der Waals surface area contributed by atoms with E-state index in [4.69, 9.17) is 9.97 Å². The molecule has 0 aliphatic heterocycles. The van der Waals surface area contributed by atoms with Crippen molar-refractivity contribution >= 4 is 105 Å². The van der Waals surface area contributed by atoms with Gasteiger partial charge in [-0.2, -0.15) is 0 Å². The van der Waals surface area contributed by atoms with Gasteiger partial charge < -0.3 is 4.90 Å². The first kappa shape index (κ1) is 36.2. The Morgan fingerprint density at radius 3 is 1.54 bits per heavy atom. The average molecular weight is 792 g/mol. The Balaban J connectivity index is 1.31.